The summed E-state index contributed by atoms with van der Waals surface area (Å²) in [5.41, 5.74) is 0.621. The first-order chi connectivity index (χ1) is 9.75. The molecule has 5 heteroatoms. The molecule has 0 saturated carbocycles. The highest BCUT2D eigenvalue weighted by molar-refractivity contribution is 7.09. The van der Waals surface area contributed by atoms with Crippen LogP contribution < -0.4 is 10.7 Å². The molecule has 1 amide bonds. The van der Waals surface area contributed by atoms with Crippen molar-refractivity contribution in [2.45, 2.75) is 6.54 Å². The van der Waals surface area contributed by atoms with E-state index in [2.05, 4.69) is 10.3 Å². The monoisotopic (exact) mass is 284 g/mol. The number of hydrogen-bond acceptors (Lipinski definition) is 3. The summed E-state index contributed by atoms with van der Waals surface area (Å²) in [4.78, 5) is 28.4. The Morgan fingerprint density at radius 1 is 1.20 bits per heavy atom. The Balaban J connectivity index is 1.88. The van der Waals surface area contributed by atoms with Crippen LogP contribution in [0.15, 0.2) is 52.8 Å². The summed E-state index contributed by atoms with van der Waals surface area (Å²) in [7, 11) is 0. The molecule has 0 fully saturated rings. The van der Waals surface area contributed by atoms with E-state index in [1.54, 1.807) is 23.5 Å². The Hall–Kier alpha value is -2.40. The van der Waals surface area contributed by atoms with Gasteiger partial charge in [0.1, 0.15) is 5.56 Å². The van der Waals surface area contributed by atoms with Crippen LogP contribution in [0.3, 0.4) is 0 Å². The third-order valence-corrected chi connectivity index (χ3v) is 3.91. The van der Waals surface area contributed by atoms with Gasteiger partial charge >= 0.3 is 0 Å². The van der Waals surface area contributed by atoms with Gasteiger partial charge in [0.05, 0.1) is 6.54 Å². The number of H-pyrrole nitrogens is 1. The van der Waals surface area contributed by atoms with Crippen molar-refractivity contribution in [3.8, 4) is 0 Å². The second-order valence-electron chi connectivity index (χ2n) is 4.34. The normalized spacial score (nSPS) is 10.6. The Morgan fingerprint density at radius 2 is 2.05 bits per heavy atom. The molecular weight excluding hydrogens is 272 g/mol. The summed E-state index contributed by atoms with van der Waals surface area (Å²) in [5.74, 6) is -0.356. The molecule has 3 aromatic rings. The predicted molar refractivity (Wildman–Crippen MR) is 80.1 cm³/mol. The molecule has 0 aliphatic carbocycles. The number of nitrogens with one attached hydrogen (secondary N) is 2. The van der Waals surface area contributed by atoms with Gasteiger partial charge in [-0.25, -0.2) is 0 Å². The maximum atomic E-state index is 12.3. The lowest BCUT2D eigenvalue weighted by Crippen LogP contribution is -2.28. The molecule has 0 atom stereocenters. The van der Waals surface area contributed by atoms with Gasteiger partial charge in [0, 0.05) is 22.0 Å². The minimum Gasteiger partial charge on any atom is -0.360 e. The molecule has 20 heavy (non-hydrogen) atoms. The zero-order valence-electron chi connectivity index (χ0n) is 10.6. The van der Waals surface area contributed by atoms with Crippen molar-refractivity contribution in [1.29, 1.82) is 0 Å². The fourth-order valence-corrected chi connectivity index (χ4v) is 2.66. The minimum absolute atomic E-state index is 0.139. The van der Waals surface area contributed by atoms with Crippen LogP contribution in [-0.2, 0) is 6.54 Å². The number of carbonyl (C=O) groups is 1. The lowest BCUT2D eigenvalue weighted by atomic mass is 10.1. The minimum atomic E-state index is -0.356. The van der Waals surface area contributed by atoms with Gasteiger partial charge in [0.2, 0.25) is 5.43 Å². The van der Waals surface area contributed by atoms with Gasteiger partial charge < -0.3 is 10.3 Å². The average Bonchev–Trinajstić information content (AvgIpc) is 2.99. The highest BCUT2D eigenvalue weighted by Crippen LogP contribution is 2.09. The summed E-state index contributed by atoms with van der Waals surface area (Å²) in [6, 6.07) is 11.0. The number of rotatable bonds is 3. The fraction of sp³-hybridized carbons (Fsp3) is 0.0667. The van der Waals surface area contributed by atoms with Crippen LogP contribution in [0.2, 0.25) is 0 Å². The predicted octanol–water partition coefficient (Wildman–Crippen LogP) is 2.52. The summed E-state index contributed by atoms with van der Waals surface area (Å²) >= 11 is 1.57. The van der Waals surface area contributed by atoms with Gasteiger partial charge in [0.15, 0.2) is 0 Å². The topological polar surface area (TPSA) is 62.0 Å². The molecule has 100 valence electrons. The molecule has 0 saturated heterocycles. The van der Waals surface area contributed by atoms with Crippen LogP contribution in [-0.4, -0.2) is 10.9 Å². The van der Waals surface area contributed by atoms with Crippen LogP contribution >= 0.6 is 11.3 Å². The van der Waals surface area contributed by atoms with Gasteiger partial charge in [-0.05, 0) is 23.6 Å². The van der Waals surface area contributed by atoms with Crippen LogP contribution in [0.1, 0.15) is 15.2 Å². The van der Waals surface area contributed by atoms with E-state index in [0.29, 0.717) is 11.9 Å². The SMILES string of the molecule is O=C(NCc1cccs1)c1c[nH]c2ccccc2c1=O. The molecule has 0 bridgehead atoms. The molecule has 0 aliphatic heterocycles. The number of aromatic nitrogens is 1. The first kappa shape index (κ1) is 12.6. The van der Waals surface area contributed by atoms with Crippen molar-refractivity contribution in [1.82, 2.24) is 10.3 Å². The quantitative estimate of drug-likeness (QED) is 0.776. The Labute approximate surface area is 119 Å². The first-order valence-corrected chi connectivity index (χ1v) is 7.04. The highest BCUT2D eigenvalue weighted by atomic mass is 32.1. The van der Waals surface area contributed by atoms with Crippen molar-refractivity contribution in [2.24, 2.45) is 0 Å². The number of thiophene rings is 1. The Kier molecular flexibility index (Phi) is 3.35. The molecule has 0 radical (unpaired) electrons. The second kappa shape index (κ2) is 5.30. The van der Waals surface area contributed by atoms with E-state index < -0.39 is 0 Å². The lowest BCUT2D eigenvalue weighted by molar-refractivity contribution is 0.0950. The standard InChI is InChI=1S/C15H12N2O2S/c18-14-11-5-1-2-6-13(11)16-9-12(14)15(19)17-8-10-4-3-7-20-10/h1-7,9H,8H2,(H,16,18)(H,17,19). The molecule has 1 aromatic carbocycles. The van der Waals surface area contributed by atoms with Crippen LogP contribution in [0.25, 0.3) is 10.9 Å². The zero-order chi connectivity index (χ0) is 13.9. The number of fused-ring (bicyclic) bond motifs is 1. The number of benzene rings is 1. The number of aromatic amines is 1. The van der Waals surface area contributed by atoms with E-state index in [4.69, 9.17) is 0 Å². The Bertz CT molecular complexity index is 806. The summed E-state index contributed by atoms with van der Waals surface area (Å²) in [6.45, 7) is 0.433. The van der Waals surface area contributed by atoms with Gasteiger partial charge in [-0.15, -0.1) is 11.3 Å². The molecule has 2 heterocycles. The maximum Gasteiger partial charge on any atom is 0.257 e. The Morgan fingerprint density at radius 3 is 2.85 bits per heavy atom. The lowest BCUT2D eigenvalue weighted by Gasteiger charge is -2.04. The highest BCUT2D eigenvalue weighted by Gasteiger charge is 2.12. The van der Waals surface area contributed by atoms with Crippen molar-refractivity contribution in [2.75, 3.05) is 0 Å². The molecule has 0 unspecified atom stereocenters. The van der Waals surface area contributed by atoms with E-state index in [-0.39, 0.29) is 16.9 Å². The second-order valence-corrected chi connectivity index (χ2v) is 5.37. The van der Waals surface area contributed by atoms with E-state index in [1.165, 1.54) is 6.20 Å². The summed E-state index contributed by atoms with van der Waals surface area (Å²) in [5, 5.41) is 5.23. The fourth-order valence-electron chi connectivity index (χ4n) is 2.01. The largest absolute Gasteiger partial charge is 0.360 e. The van der Waals surface area contributed by atoms with Gasteiger partial charge in [-0.2, -0.15) is 0 Å². The van der Waals surface area contributed by atoms with Crippen LogP contribution in [0.5, 0.6) is 0 Å². The van der Waals surface area contributed by atoms with Crippen LogP contribution in [0.4, 0.5) is 0 Å². The number of pyridine rings is 1. The summed E-state index contributed by atoms with van der Waals surface area (Å²) < 4.78 is 0. The number of amides is 1. The van der Waals surface area contributed by atoms with E-state index in [9.17, 15) is 9.59 Å². The van der Waals surface area contributed by atoms with E-state index in [0.717, 1.165) is 10.4 Å². The van der Waals surface area contributed by atoms with Crippen LogP contribution in [0, 0.1) is 0 Å². The maximum absolute atomic E-state index is 12.3. The molecule has 2 aromatic heterocycles. The van der Waals surface area contributed by atoms with Gasteiger partial charge in [-0.3, -0.25) is 9.59 Å². The first-order valence-electron chi connectivity index (χ1n) is 6.17. The van der Waals surface area contributed by atoms with Crippen molar-refractivity contribution >= 4 is 28.1 Å². The molecule has 3 rings (SSSR count). The summed E-state index contributed by atoms with van der Waals surface area (Å²) in [6.07, 6.45) is 1.47. The molecule has 0 aliphatic rings. The van der Waals surface area contributed by atoms with Gasteiger partial charge in [-0.1, -0.05) is 18.2 Å². The smallest absolute Gasteiger partial charge is 0.257 e. The number of para-hydroxylation sites is 1. The van der Waals surface area contributed by atoms with E-state index >= 15 is 0 Å². The molecule has 2 N–H and O–H groups in total. The van der Waals surface area contributed by atoms with Crippen molar-refractivity contribution < 1.29 is 4.79 Å². The molecule has 0 spiro atoms. The molecule has 4 nitrogen and oxygen atoms in total. The third kappa shape index (κ3) is 2.35. The average molecular weight is 284 g/mol. The number of hydrogen-bond donors (Lipinski definition) is 2. The van der Waals surface area contributed by atoms with Crippen molar-refractivity contribution in [3.63, 3.8) is 0 Å². The van der Waals surface area contributed by atoms with Gasteiger partial charge in [0.25, 0.3) is 5.91 Å². The van der Waals surface area contributed by atoms with Crippen molar-refractivity contribution in [3.05, 3.63) is 68.6 Å². The molecular formula is C15H12N2O2S. The third-order valence-electron chi connectivity index (χ3n) is 3.04. The number of carbonyl (C=O) groups excluding carboxylic acids is 1. The zero-order valence-corrected chi connectivity index (χ0v) is 11.4. The van der Waals surface area contributed by atoms with E-state index in [1.807, 2.05) is 29.6 Å².